The maximum absolute atomic E-state index is 11.4. The topological polar surface area (TPSA) is 154 Å². The first-order chi connectivity index (χ1) is 12.7. The number of ether oxygens (including phenoxy) is 2. The van der Waals surface area contributed by atoms with Crippen LogP contribution in [-0.2, 0) is 28.9 Å². The first kappa shape index (κ1) is 28.2. The fourth-order valence-electron chi connectivity index (χ4n) is 2.93. The van der Waals surface area contributed by atoms with Crippen LogP contribution in [0.1, 0.15) is 52.4 Å². The van der Waals surface area contributed by atoms with E-state index >= 15 is 0 Å². The predicted molar refractivity (Wildman–Crippen MR) is 93.3 cm³/mol. The van der Waals surface area contributed by atoms with Crippen molar-refractivity contribution in [3.63, 3.8) is 0 Å². The van der Waals surface area contributed by atoms with Crippen LogP contribution in [-0.4, -0.2) is 72.9 Å². The quantitative estimate of drug-likeness (QED) is 0.124. The Labute approximate surface area is 188 Å². The Hall–Kier alpha value is 0.180. The standard InChI is InChI=1S/C16H31NO9S.Na/c1-3-4-5-6-7-8-9-24-16-13(17-11(2)19)14(20)15(12(10-18)25-16)26-27(21,22)23;/h12-16,18,20H,3-10H2,1-2H3,(H,17,19)(H,21,22,23);/q;+1/p-1/t12-,13-,14-,15+,16-;/m1./s1. The van der Waals surface area contributed by atoms with Crippen LogP contribution in [0.2, 0.25) is 0 Å². The number of aliphatic hydroxyl groups is 2. The summed E-state index contributed by atoms with van der Waals surface area (Å²) in [5.74, 6) is -0.512. The summed E-state index contributed by atoms with van der Waals surface area (Å²) in [6.45, 7) is 2.92. The van der Waals surface area contributed by atoms with Gasteiger partial charge in [0.15, 0.2) is 6.29 Å². The number of unbranched alkanes of at least 4 members (excludes halogenated alkanes) is 5. The SMILES string of the molecule is CCCCCCCCO[C@@H]1O[C@H](CO)[C@H](OS(=O)(=O)[O-])[C@H](O)[C@H]1NC(C)=O.[Na+]. The molecule has 1 aliphatic rings. The van der Waals surface area contributed by atoms with Gasteiger partial charge in [-0.2, -0.15) is 0 Å². The third-order valence-electron chi connectivity index (χ3n) is 4.23. The van der Waals surface area contributed by atoms with Crippen molar-refractivity contribution in [2.24, 2.45) is 0 Å². The molecule has 28 heavy (non-hydrogen) atoms. The molecule has 0 aliphatic carbocycles. The van der Waals surface area contributed by atoms with Crippen molar-refractivity contribution in [3.05, 3.63) is 0 Å². The van der Waals surface area contributed by atoms with Crippen LogP contribution < -0.4 is 34.9 Å². The molecular weight excluding hydrogens is 405 g/mol. The second-order valence-corrected chi connectivity index (χ2v) is 7.56. The predicted octanol–water partition coefficient (Wildman–Crippen LogP) is -3.20. The van der Waals surface area contributed by atoms with Crippen LogP contribution in [0.5, 0.6) is 0 Å². The van der Waals surface area contributed by atoms with Crippen molar-refractivity contribution in [2.45, 2.75) is 83.0 Å². The third kappa shape index (κ3) is 10.3. The van der Waals surface area contributed by atoms with Gasteiger partial charge in [-0.15, -0.1) is 0 Å². The van der Waals surface area contributed by atoms with Gasteiger partial charge >= 0.3 is 29.6 Å². The third-order valence-corrected chi connectivity index (χ3v) is 4.69. The van der Waals surface area contributed by atoms with Gasteiger partial charge in [0, 0.05) is 13.5 Å². The van der Waals surface area contributed by atoms with Gasteiger partial charge in [0.1, 0.15) is 24.4 Å². The van der Waals surface area contributed by atoms with E-state index in [0.29, 0.717) is 6.61 Å². The Morgan fingerprint density at radius 3 is 2.36 bits per heavy atom. The van der Waals surface area contributed by atoms with Crippen LogP contribution >= 0.6 is 0 Å². The Morgan fingerprint density at radius 1 is 1.21 bits per heavy atom. The Balaban J connectivity index is 0.00000729. The smallest absolute Gasteiger partial charge is 0.726 e. The van der Waals surface area contributed by atoms with E-state index in [-0.39, 0.29) is 29.6 Å². The zero-order valence-corrected chi connectivity index (χ0v) is 19.5. The van der Waals surface area contributed by atoms with E-state index < -0.39 is 53.6 Å². The van der Waals surface area contributed by atoms with Crippen molar-refractivity contribution < 1.29 is 71.2 Å². The van der Waals surface area contributed by atoms with Crippen LogP contribution in [0.15, 0.2) is 0 Å². The zero-order chi connectivity index (χ0) is 20.4. The van der Waals surface area contributed by atoms with Crippen LogP contribution in [0.3, 0.4) is 0 Å². The minimum atomic E-state index is -5.16. The van der Waals surface area contributed by atoms with E-state index in [4.69, 9.17) is 9.47 Å². The number of carbonyl (C=O) groups is 1. The largest absolute Gasteiger partial charge is 1.00 e. The van der Waals surface area contributed by atoms with E-state index in [1.54, 1.807) is 0 Å². The van der Waals surface area contributed by atoms with E-state index in [9.17, 15) is 28.0 Å². The Bertz CT molecular complexity index is 548. The molecule has 0 saturated carbocycles. The molecule has 12 heteroatoms. The van der Waals surface area contributed by atoms with E-state index in [2.05, 4.69) is 16.4 Å². The molecule has 1 saturated heterocycles. The van der Waals surface area contributed by atoms with Gasteiger partial charge in [0.05, 0.1) is 6.61 Å². The van der Waals surface area contributed by atoms with Gasteiger partial charge in [-0.05, 0) is 6.42 Å². The summed E-state index contributed by atoms with van der Waals surface area (Å²) in [5, 5.41) is 22.2. The molecule has 0 aromatic carbocycles. The van der Waals surface area contributed by atoms with E-state index in [1.807, 2.05) is 0 Å². The molecule has 1 aliphatic heterocycles. The number of rotatable bonds is 12. The van der Waals surface area contributed by atoms with Crippen molar-refractivity contribution in [1.82, 2.24) is 5.32 Å². The average Bonchev–Trinajstić information content (AvgIpc) is 2.57. The molecule has 0 spiro atoms. The summed E-state index contributed by atoms with van der Waals surface area (Å²) in [5.41, 5.74) is 0. The average molecular weight is 435 g/mol. The molecule has 1 fully saturated rings. The summed E-state index contributed by atoms with van der Waals surface area (Å²) in [6, 6.07) is -1.16. The molecule has 0 bridgehead atoms. The second kappa shape index (κ2) is 14.2. The molecule has 0 radical (unpaired) electrons. The first-order valence-electron chi connectivity index (χ1n) is 9.16. The van der Waals surface area contributed by atoms with Crippen molar-refractivity contribution in [3.8, 4) is 0 Å². The minimum absolute atomic E-state index is 0. The maximum atomic E-state index is 11.4. The van der Waals surface area contributed by atoms with Crippen molar-refractivity contribution in [2.75, 3.05) is 13.2 Å². The normalized spacial score (nSPS) is 27.8. The molecule has 5 atom stereocenters. The number of hydrogen-bond donors (Lipinski definition) is 3. The number of hydrogen-bond acceptors (Lipinski definition) is 9. The molecule has 3 N–H and O–H groups in total. The molecule has 10 nitrogen and oxygen atoms in total. The van der Waals surface area contributed by atoms with Crippen molar-refractivity contribution >= 4 is 16.3 Å². The number of carbonyl (C=O) groups excluding carboxylic acids is 1. The molecule has 0 aromatic heterocycles. The molecule has 0 unspecified atom stereocenters. The molecule has 160 valence electrons. The van der Waals surface area contributed by atoms with Crippen LogP contribution in [0.4, 0.5) is 0 Å². The van der Waals surface area contributed by atoms with E-state index in [1.165, 1.54) is 13.3 Å². The van der Waals surface area contributed by atoms with Gasteiger partial charge < -0.3 is 29.6 Å². The molecule has 1 heterocycles. The maximum Gasteiger partial charge on any atom is 1.00 e. The monoisotopic (exact) mass is 435 g/mol. The van der Waals surface area contributed by atoms with Gasteiger partial charge in [-0.1, -0.05) is 39.0 Å². The first-order valence-corrected chi connectivity index (χ1v) is 10.5. The number of amides is 1. The summed E-state index contributed by atoms with van der Waals surface area (Å²) in [4.78, 5) is 11.4. The van der Waals surface area contributed by atoms with Gasteiger partial charge in [-0.25, -0.2) is 8.42 Å². The van der Waals surface area contributed by atoms with Crippen molar-refractivity contribution in [1.29, 1.82) is 0 Å². The minimum Gasteiger partial charge on any atom is -0.726 e. The summed E-state index contributed by atoms with van der Waals surface area (Å²) >= 11 is 0. The molecule has 1 rings (SSSR count). The Morgan fingerprint density at radius 2 is 1.82 bits per heavy atom. The van der Waals surface area contributed by atoms with Crippen LogP contribution in [0, 0.1) is 0 Å². The second-order valence-electron chi connectivity index (χ2n) is 6.55. The Kier molecular flexibility index (Phi) is 14.3. The van der Waals surface area contributed by atoms with E-state index in [0.717, 1.165) is 32.1 Å². The summed E-state index contributed by atoms with van der Waals surface area (Å²) < 4.78 is 48.0. The van der Waals surface area contributed by atoms with Gasteiger partial charge in [0.2, 0.25) is 16.3 Å². The van der Waals surface area contributed by atoms with Crippen LogP contribution in [0.25, 0.3) is 0 Å². The fourth-order valence-corrected chi connectivity index (χ4v) is 3.44. The molecule has 1 amide bonds. The number of nitrogens with one attached hydrogen (secondary N) is 1. The number of aliphatic hydroxyl groups excluding tert-OH is 2. The van der Waals surface area contributed by atoms with Gasteiger partial charge in [-0.3, -0.25) is 8.98 Å². The zero-order valence-electron chi connectivity index (χ0n) is 16.7. The molecule has 0 aromatic rings. The molecular formula is C16H30NNaO9S. The summed E-state index contributed by atoms with van der Waals surface area (Å²) in [7, 11) is -5.16. The fraction of sp³-hybridized carbons (Fsp3) is 0.938. The summed E-state index contributed by atoms with van der Waals surface area (Å²) in [6.07, 6.45) is 0.500. The van der Waals surface area contributed by atoms with Gasteiger partial charge in [0.25, 0.3) is 0 Å².